The Morgan fingerprint density at radius 3 is 1.90 bits per heavy atom. The summed E-state index contributed by atoms with van der Waals surface area (Å²) in [4.78, 5) is 23.2. The standard InChI is InChI=1S/C14H24N2O4S/c1-8-11(17)15-14(6,7)10-21(19,20)16(12(18)9-2)13(3,4)5/h8-9H,1-2,10H2,3-7H3,(H,15,17). The third kappa shape index (κ3) is 5.71. The fraction of sp³-hybridized carbons (Fsp3) is 0.571. The molecule has 0 aromatic carbocycles. The van der Waals surface area contributed by atoms with Crippen LogP contribution in [0.2, 0.25) is 0 Å². The first kappa shape index (κ1) is 19.4. The van der Waals surface area contributed by atoms with Crippen LogP contribution < -0.4 is 5.32 Å². The minimum Gasteiger partial charge on any atom is -0.347 e. The zero-order valence-corrected chi connectivity index (χ0v) is 14.1. The van der Waals surface area contributed by atoms with Gasteiger partial charge in [0.05, 0.1) is 16.8 Å². The van der Waals surface area contributed by atoms with Gasteiger partial charge < -0.3 is 5.32 Å². The van der Waals surface area contributed by atoms with Crippen LogP contribution in [0.3, 0.4) is 0 Å². The highest BCUT2D eigenvalue weighted by Crippen LogP contribution is 2.22. The highest BCUT2D eigenvalue weighted by atomic mass is 32.2. The van der Waals surface area contributed by atoms with Gasteiger partial charge in [-0.15, -0.1) is 0 Å². The van der Waals surface area contributed by atoms with E-state index < -0.39 is 38.7 Å². The number of hydrogen-bond acceptors (Lipinski definition) is 4. The van der Waals surface area contributed by atoms with Crippen molar-refractivity contribution < 1.29 is 18.0 Å². The first-order valence-corrected chi connectivity index (χ1v) is 8.02. The molecule has 0 aliphatic heterocycles. The zero-order chi connectivity index (χ0) is 17.1. The van der Waals surface area contributed by atoms with Crippen LogP contribution in [-0.2, 0) is 19.6 Å². The van der Waals surface area contributed by atoms with Crippen molar-refractivity contribution in [2.45, 2.75) is 45.7 Å². The van der Waals surface area contributed by atoms with Gasteiger partial charge in [0.15, 0.2) is 0 Å². The summed E-state index contributed by atoms with van der Waals surface area (Å²) in [5.41, 5.74) is -1.97. The normalized spacial score (nSPS) is 12.4. The molecule has 0 bridgehead atoms. The Balaban J connectivity index is 5.53. The van der Waals surface area contributed by atoms with Crippen molar-refractivity contribution in [3.05, 3.63) is 25.3 Å². The molecule has 21 heavy (non-hydrogen) atoms. The molecule has 6 nitrogen and oxygen atoms in total. The van der Waals surface area contributed by atoms with E-state index in [2.05, 4.69) is 18.5 Å². The molecule has 0 unspecified atom stereocenters. The van der Waals surface area contributed by atoms with Crippen LogP contribution in [0.25, 0.3) is 0 Å². The molecule has 0 aliphatic rings. The van der Waals surface area contributed by atoms with Gasteiger partial charge in [-0.2, -0.15) is 0 Å². The van der Waals surface area contributed by atoms with Gasteiger partial charge in [0.25, 0.3) is 5.91 Å². The van der Waals surface area contributed by atoms with Gasteiger partial charge in [-0.05, 0) is 46.8 Å². The van der Waals surface area contributed by atoms with Gasteiger partial charge in [0.1, 0.15) is 0 Å². The second kappa shape index (κ2) is 6.43. The van der Waals surface area contributed by atoms with E-state index in [9.17, 15) is 18.0 Å². The average Bonchev–Trinajstić information content (AvgIpc) is 2.23. The Morgan fingerprint density at radius 2 is 1.57 bits per heavy atom. The maximum absolute atomic E-state index is 12.5. The first-order chi connectivity index (χ1) is 9.27. The third-order valence-electron chi connectivity index (χ3n) is 2.45. The molecule has 1 N–H and O–H groups in total. The maximum Gasteiger partial charge on any atom is 0.259 e. The number of hydrogen-bond donors (Lipinski definition) is 1. The molecular weight excluding hydrogens is 292 g/mol. The van der Waals surface area contributed by atoms with Crippen LogP contribution in [-0.4, -0.2) is 41.4 Å². The third-order valence-corrected chi connectivity index (χ3v) is 4.82. The lowest BCUT2D eigenvalue weighted by molar-refractivity contribution is -0.124. The summed E-state index contributed by atoms with van der Waals surface area (Å²) in [6.07, 6.45) is 2.02. The Hall–Kier alpha value is -1.63. The van der Waals surface area contributed by atoms with E-state index in [1.165, 1.54) is 0 Å². The number of carbonyl (C=O) groups is 2. The lowest BCUT2D eigenvalue weighted by atomic mass is 10.1. The number of sulfonamides is 1. The maximum atomic E-state index is 12.5. The second-order valence-electron chi connectivity index (χ2n) is 6.31. The average molecular weight is 316 g/mol. The van der Waals surface area contributed by atoms with Crippen molar-refractivity contribution in [1.82, 2.24) is 9.62 Å². The SMILES string of the molecule is C=CC(=O)NC(C)(C)CS(=O)(=O)N(C(=O)C=C)C(C)(C)C. The van der Waals surface area contributed by atoms with E-state index in [0.717, 1.165) is 16.5 Å². The molecule has 2 amide bonds. The molecule has 0 rings (SSSR count). The van der Waals surface area contributed by atoms with Crippen LogP contribution in [0.4, 0.5) is 0 Å². The molecule has 0 radical (unpaired) electrons. The second-order valence-corrected chi connectivity index (χ2v) is 8.13. The molecule has 7 heteroatoms. The van der Waals surface area contributed by atoms with Crippen molar-refractivity contribution in [2.75, 3.05) is 5.75 Å². The van der Waals surface area contributed by atoms with Gasteiger partial charge in [0.2, 0.25) is 15.9 Å². The Kier molecular flexibility index (Phi) is 5.93. The number of rotatable bonds is 6. The van der Waals surface area contributed by atoms with Crippen molar-refractivity contribution in [3.63, 3.8) is 0 Å². The fourth-order valence-corrected chi connectivity index (χ4v) is 4.21. The van der Waals surface area contributed by atoms with Crippen LogP contribution >= 0.6 is 0 Å². The van der Waals surface area contributed by atoms with Crippen molar-refractivity contribution in [1.29, 1.82) is 0 Å². The summed E-state index contributed by atoms with van der Waals surface area (Å²) in [5.74, 6) is -1.60. The predicted octanol–water partition coefficient (Wildman–Crippen LogP) is 1.21. The van der Waals surface area contributed by atoms with E-state index in [1.807, 2.05) is 0 Å². The predicted molar refractivity (Wildman–Crippen MR) is 83.0 cm³/mol. The summed E-state index contributed by atoms with van der Waals surface area (Å²) in [6, 6.07) is 0. The largest absolute Gasteiger partial charge is 0.347 e. The van der Waals surface area contributed by atoms with Gasteiger partial charge in [-0.1, -0.05) is 13.2 Å². The van der Waals surface area contributed by atoms with E-state index >= 15 is 0 Å². The van der Waals surface area contributed by atoms with Gasteiger partial charge in [0, 0.05) is 0 Å². The summed E-state index contributed by atoms with van der Waals surface area (Å²) < 4.78 is 25.9. The van der Waals surface area contributed by atoms with Gasteiger partial charge in [-0.3, -0.25) is 9.59 Å². The minimum atomic E-state index is -3.94. The highest BCUT2D eigenvalue weighted by molar-refractivity contribution is 7.89. The van der Waals surface area contributed by atoms with Crippen molar-refractivity contribution in [3.8, 4) is 0 Å². The van der Waals surface area contributed by atoms with Gasteiger partial charge in [-0.25, -0.2) is 12.7 Å². The van der Waals surface area contributed by atoms with Crippen LogP contribution in [0.1, 0.15) is 34.6 Å². The molecule has 0 atom stereocenters. The first-order valence-electron chi connectivity index (χ1n) is 6.41. The lowest BCUT2D eigenvalue weighted by Crippen LogP contribution is -2.55. The topological polar surface area (TPSA) is 83.6 Å². The molecule has 0 aliphatic carbocycles. The zero-order valence-electron chi connectivity index (χ0n) is 13.3. The van der Waals surface area contributed by atoms with E-state index in [-0.39, 0.29) is 0 Å². The lowest BCUT2D eigenvalue weighted by Gasteiger charge is -2.36. The summed E-state index contributed by atoms with van der Waals surface area (Å²) >= 11 is 0. The number of amides is 2. The smallest absolute Gasteiger partial charge is 0.259 e. The summed E-state index contributed by atoms with van der Waals surface area (Å²) in [5, 5.41) is 2.53. The van der Waals surface area contributed by atoms with Crippen molar-refractivity contribution >= 4 is 21.8 Å². The van der Waals surface area contributed by atoms with Crippen LogP contribution in [0.5, 0.6) is 0 Å². The Bertz CT molecular complexity index is 542. The molecule has 0 aromatic rings. The highest BCUT2D eigenvalue weighted by Gasteiger charge is 2.39. The number of nitrogens with one attached hydrogen (secondary N) is 1. The molecule has 0 saturated heterocycles. The monoisotopic (exact) mass is 316 g/mol. The molecule has 120 valence electrons. The molecule has 0 heterocycles. The molecule has 0 spiro atoms. The summed E-state index contributed by atoms with van der Waals surface area (Å²) in [7, 11) is -3.94. The summed E-state index contributed by atoms with van der Waals surface area (Å²) in [6.45, 7) is 14.6. The number of carbonyl (C=O) groups excluding carboxylic acids is 2. The van der Waals surface area contributed by atoms with E-state index in [4.69, 9.17) is 0 Å². The Labute approximate surface area is 126 Å². The van der Waals surface area contributed by atoms with Crippen molar-refractivity contribution in [2.24, 2.45) is 0 Å². The molecule has 0 saturated carbocycles. The molecular formula is C14H24N2O4S. The van der Waals surface area contributed by atoms with E-state index in [0.29, 0.717) is 0 Å². The van der Waals surface area contributed by atoms with Crippen LogP contribution in [0.15, 0.2) is 25.3 Å². The minimum absolute atomic E-state index is 0.420. The number of nitrogens with zero attached hydrogens (tertiary/aromatic N) is 1. The quantitative estimate of drug-likeness (QED) is 0.747. The van der Waals surface area contributed by atoms with Crippen LogP contribution in [0, 0.1) is 0 Å². The fourth-order valence-electron chi connectivity index (χ4n) is 1.91. The van der Waals surface area contributed by atoms with Gasteiger partial charge >= 0.3 is 0 Å². The van der Waals surface area contributed by atoms with E-state index in [1.54, 1.807) is 34.6 Å². The Morgan fingerprint density at radius 1 is 1.10 bits per heavy atom. The molecule has 0 aromatic heterocycles. The molecule has 0 fully saturated rings.